The van der Waals surface area contributed by atoms with Crippen molar-refractivity contribution in [3.05, 3.63) is 34.2 Å². The van der Waals surface area contributed by atoms with Gasteiger partial charge >= 0.3 is 17.8 Å². The molecule has 12 heteroatoms. The fraction of sp³-hybridized carbons (Fsp3) is 0.412. The molecule has 0 radical (unpaired) electrons. The molecule has 0 saturated carbocycles. The number of para-hydroxylation sites is 1. The number of hydrogen-bond donors (Lipinski definition) is 3. The maximum Gasteiger partial charge on any atom is 0.490 e. The van der Waals surface area contributed by atoms with Crippen molar-refractivity contribution in [2.45, 2.75) is 31.6 Å². The third-order valence-electron chi connectivity index (χ3n) is 4.32. The maximum absolute atomic E-state index is 12.6. The Bertz CT molecular complexity index is 1010. The third-order valence-corrected chi connectivity index (χ3v) is 4.32. The van der Waals surface area contributed by atoms with Crippen LogP contribution < -0.4 is 16.3 Å². The number of imide groups is 1. The number of aromatic nitrogens is 2. The van der Waals surface area contributed by atoms with Crippen LogP contribution in [0.25, 0.3) is 11.0 Å². The Kier molecular flexibility index (Phi) is 6.47. The number of benzene rings is 1. The minimum atomic E-state index is -5.08. The van der Waals surface area contributed by atoms with Gasteiger partial charge in [-0.25, -0.2) is 9.59 Å². The van der Waals surface area contributed by atoms with E-state index < -0.39 is 24.1 Å². The van der Waals surface area contributed by atoms with E-state index in [1.165, 1.54) is 4.57 Å². The number of nitrogens with zero attached hydrogens (tertiary/aromatic N) is 2. The normalized spacial score (nSPS) is 16.9. The summed E-state index contributed by atoms with van der Waals surface area (Å²) in [5.41, 5.74) is 2.28. The number of piperidine rings is 1. The Morgan fingerprint density at radius 1 is 1.31 bits per heavy atom. The van der Waals surface area contributed by atoms with Gasteiger partial charge in [0.2, 0.25) is 11.8 Å². The van der Waals surface area contributed by atoms with Crippen LogP contribution in [0.15, 0.2) is 23.0 Å². The zero-order chi connectivity index (χ0) is 21.9. The monoisotopic (exact) mass is 416 g/mol. The fourth-order valence-corrected chi connectivity index (χ4v) is 3.08. The number of carbonyl (C=O) groups is 3. The molecular weight excluding hydrogens is 397 g/mol. The average Bonchev–Trinajstić information content (AvgIpc) is 2.87. The number of rotatable bonds is 3. The van der Waals surface area contributed by atoms with Gasteiger partial charge in [-0.15, -0.1) is 0 Å². The number of aryl methyl sites for hydroxylation is 1. The number of carboxylic acids is 1. The molecule has 1 saturated heterocycles. The first-order chi connectivity index (χ1) is 13.5. The van der Waals surface area contributed by atoms with Crippen molar-refractivity contribution in [1.29, 1.82) is 0 Å². The summed E-state index contributed by atoms with van der Waals surface area (Å²) in [6.45, 7) is 0.629. The second-order valence-electron chi connectivity index (χ2n) is 6.30. The van der Waals surface area contributed by atoms with Crippen LogP contribution in [0, 0.1) is 0 Å². The van der Waals surface area contributed by atoms with Gasteiger partial charge in [0.15, 0.2) is 0 Å². The molecule has 29 heavy (non-hydrogen) atoms. The van der Waals surface area contributed by atoms with E-state index in [0.29, 0.717) is 13.0 Å². The van der Waals surface area contributed by atoms with Crippen LogP contribution in [-0.2, 0) is 28.0 Å². The SMILES string of the molecule is CNCc1cccc2c1n(C)c(=O)n2C1CCC(=O)NC1=O.O=C(O)C(F)(F)F. The molecule has 0 aliphatic carbocycles. The highest BCUT2D eigenvalue weighted by Gasteiger charge is 2.38. The summed E-state index contributed by atoms with van der Waals surface area (Å²) in [6, 6.07) is 5.02. The number of amides is 2. The molecule has 1 aliphatic rings. The summed E-state index contributed by atoms with van der Waals surface area (Å²) in [5.74, 6) is -3.46. The number of imidazole rings is 1. The Labute approximate surface area is 162 Å². The lowest BCUT2D eigenvalue weighted by atomic mass is 10.1. The topological polar surface area (TPSA) is 122 Å². The zero-order valence-corrected chi connectivity index (χ0v) is 15.5. The van der Waals surface area contributed by atoms with E-state index in [0.717, 1.165) is 16.6 Å². The molecule has 0 spiro atoms. The molecule has 1 aromatic carbocycles. The molecule has 3 N–H and O–H groups in total. The lowest BCUT2D eigenvalue weighted by molar-refractivity contribution is -0.192. The molecule has 1 unspecified atom stereocenters. The van der Waals surface area contributed by atoms with E-state index in [4.69, 9.17) is 9.90 Å². The summed E-state index contributed by atoms with van der Waals surface area (Å²) < 4.78 is 34.8. The molecule has 2 heterocycles. The highest BCUT2D eigenvalue weighted by Crippen LogP contribution is 2.24. The molecular formula is C17H19F3N4O5. The molecule has 2 amide bonds. The number of alkyl halides is 3. The van der Waals surface area contributed by atoms with Crippen LogP contribution >= 0.6 is 0 Å². The largest absolute Gasteiger partial charge is 0.490 e. The number of carbonyl (C=O) groups excluding carboxylic acids is 2. The van der Waals surface area contributed by atoms with Crippen LogP contribution in [0.4, 0.5) is 13.2 Å². The van der Waals surface area contributed by atoms with Crippen molar-refractivity contribution in [3.63, 3.8) is 0 Å². The molecule has 158 valence electrons. The van der Waals surface area contributed by atoms with E-state index in [-0.39, 0.29) is 18.0 Å². The number of fused-ring (bicyclic) bond motifs is 1. The van der Waals surface area contributed by atoms with E-state index in [2.05, 4.69) is 10.6 Å². The predicted octanol–water partition coefficient (Wildman–Crippen LogP) is 0.670. The van der Waals surface area contributed by atoms with Crippen molar-refractivity contribution < 1.29 is 32.7 Å². The van der Waals surface area contributed by atoms with Gasteiger partial charge in [-0.2, -0.15) is 13.2 Å². The standard InChI is InChI=1S/C15H18N4O3.C2HF3O2/c1-16-8-9-4-3-5-10-13(9)18(2)15(22)19(10)11-6-7-12(20)17-14(11)21;3-2(4,5)1(6)7/h3-5,11,16H,6-8H2,1-2H3,(H,17,20,21);(H,6,7). The Balaban J connectivity index is 0.000000370. The lowest BCUT2D eigenvalue weighted by Gasteiger charge is -2.21. The van der Waals surface area contributed by atoms with Gasteiger partial charge in [-0.3, -0.25) is 24.0 Å². The Morgan fingerprint density at radius 2 is 1.93 bits per heavy atom. The molecule has 1 aliphatic heterocycles. The molecule has 0 bridgehead atoms. The minimum absolute atomic E-state index is 0.243. The average molecular weight is 416 g/mol. The van der Waals surface area contributed by atoms with Crippen molar-refractivity contribution in [1.82, 2.24) is 19.8 Å². The van der Waals surface area contributed by atoms with Gasteiger partial charge in [-0.05, 0) is 25.1 Å². The first-order valence-corrected chi connectivity index (χ1v) is 8.46. The highest BCUT2D eigenvalue weighted by atomic mass is 19.4. The van der Waals surface area contributed by atoms with Crippen LogP contribution in [0.1, 0.15) is 24.4 Å². The third kappa shape index (κ3) is 4.65. The van der Waals surface area contributed by atoms with Crippen LogP contribution in [0.2, 0.25) is 0 Å². The van der Waals surface area contributed by atoms with Gasteiger partial charge < -0.3 is 10.4 Å². The van der Waals surface area contributed by atoms with E-state index in [9.17, 15) is 27.6 Å². The number of hydrogen-bond acceptors (Lipinski definition) is 5. The second-order valence-corrected chi connectivity index (χ2v) is 6.30. The smallest absolute Gasteiger partial charge is 0.475 e. The van der Waals surface area contributed by atoms with Crippen LogP contribution in [-0.4, -0.2) is 45.2 Å². The van der Waals surface area contributed by atoms with Crippen molar-refractivity contribution in [2.24, 2.45) is 7.05 Å². The van der Waals surface area contributed by atoms with Crippen LogP contribution in [0.3, 0.4) is 0 Å². The first kappa shape index (κ1) is 22.1. The van der Waals surface area contributed by atoms with E-state index in [1.807, 2.05) is 25.2 Å². The van der Waals surface area contributed by atoms with Gasteiger partial charge in [-0.1, -0.05) is 12.1 Å². The van der Waals surface area contributed by atoms with E-state index in [1.54, 1.807) is 11.6 Å². The van der Waals surface area contributed by atoms with Gasteiger partial charge in [0.1, 0.15) is 6.04 Å². The molecule has 9 nitrogen and oxygen atoms in total. The van der Waals surface area contributed by atoms with E-state index >= 15 is 0 Å². The Hall–Kier alpha value is -3.15. The number of carboxylic acid groups (broad SMARTS) is 1. The number of aliphatic carboxylic acids is 1. The second kappa shape index (κ2) is 8.47. The lowest BCUT2D eigenvalue weighted by Crippen LogP contribution is -2.44. The first-order valence-electron chi connectivity index (χ1n) is 8.46. The summed E-state index contributed by atoms with van der Waals surface area (Å²) in [5, 5.41) is 12.5. The molecule has 1 aromatic heterocycles. The van der Waals surface area contributed by atoms with Crippen molar-refractivity contribution in [2.75, 3.05) is 7.05 Å². The molecule has 2 aromatic rings. The molecule has 1 atom stereocenters. The molecule has 3 rings (SSSR count). The van der Waals surface area contributed by atoms with Crippen molar-refractivity contribution in [3.8, 4) is 0 Å². The summed E-state index contributed by atoms with van der Waals surface area (Å²) >= 11 is 0. The summed E-state index contributed by atoms with van der Waals surface area (Å²) in [7, 11) is 3.54. The van der Waals surface area contributed by atoms with Crippen LogP contribution in [0.5, 0.6) is 0 Å². The van der Waals surface area contributed by atoms with Crippen molar-refractivity contribution >= 4 is 28.8 Å². The fourth-order valence-electron chi connectivity index (χ4n) is 3.08. The summed E-state index contributed by atoms with van der Waals surface area (Å²) in [6.07, 6.45) is -4.49. The van der Waals surface area contributed by atoms with Gasteiger partial charge in [0.05, 0.1) is 11.0 Å². The molecule has 1 fully saturated rings. The quantitative estimate of drug-likeness (QED) is 0.633. The maximum atomic E-state index is 12.6. The van der Waals surface area contributed by atoms with Gasteiger partial charge in [0, 0.05) is 20.0 Å². The summed E-state index contributed by atoms with van der Waals surface area (Å²) in [4.78, 5) is 44.9. The number of nitrogens with one attached hydrogen (secondary N) is 2. The highest BCUT2D eigenvalue weighted by molar-refractivity contribution is 6.00. The predicted molar refractivity (Wildman–Crippen MR) is 95.1 cm³/mol. The number of halogens is 3. The zero-order valence-electron chi connectivity index (χ0n) is 15.5. The Morgan fingerprint density at radius 3 is 2.45 bits per heavy atom. The minimum Gasteiger partial charge on any atom is -0.475 e. The van der Waals surface area contributed by atoms with Gasteiger partial charge in [0.25, 0.3) is 0 Å².